The predicted octanol–water partition coefficient (Wildman–Crippen LogP) is 4.01. The third-order valence-corrected chi connectivity index (χ3v) is 4.59. The van der Waals surface area contributed by atoms with E-state index in [4.69, 9.17) is 13.6 Å². The van der Waals surface area contributed by atoms with Crippen molar-refractivity contribution in [2.45, 2.75) is 39.7 Å². The monoisotopic (exact) mass is 441 g/mol. The molecule has 0 atom stereocenters. The fraction of sp³-hybridized carbons (Fsp3) is 0.292. The molecule has 0 aliphatic heterocycles. The van der Waals surface area contributed by atoms with Crippen molar-refractivity contribution < 1.29 is 27.6 Å². The van der Waals surface area contributed by atoms with E-state index in [0.29, 0.717) is 18.6 Å². The molecule has 0 radical (unpaired) electrons. The van der Waals surface area contributed by atoms with Crippen molar-refractivity contribution in [1.29, 1.82) is 0 Å². The van der Waals surface area contributed by atoms with E-state index in [1.54, 1.807) is 18.2 Å². The van der Waals surface area contributed by atoms with Crippen molar-refractivity contribution in [3.63, 3.8) is 0 Å². The molecule has 8 heteroatoms. The first-order valence-corrected chi connectivity index (χ1v) is 10.3. The van der Waals surface area contributed by atoms with Crippen LogP contribution in [-0.4, -0.2) is 18.3 Å². The Hall–Kier alpha value is -3.68. The highest BCUT2D eigenvalue weighted by Crippen LogP contribution is 2.23. The topological polar surface area (TPSA) is 98.8 Å². The van der Waals surface area contributed by atoms with Gasteiger partial charge < -0.3 is 18.9 Å². The summed E-state index contributed by atoms with van der Waals surface area (Å²) in [5, 5.41) is 2.53. The quantitative estimate of drug-likeness (QED) is 0.377. The zero-order valence-electron chi connectivity index (χ0n) is 17.9. The number of benzene rings is 1. The number of hydrogen-bond acceptors (Lipinski definition) is 6. The molecule has 0 saturated carbocycles. The second kappa shape index (κ2) is 10.6. The highest BCUT2D eigenvalue weighted by molar-refractivity contribution is 6.06. The highest BCUT2D eigenvalue weighted by atomic mass is 19.1. The fourth-order valence-electron chi connectivity index (χ4n) is 2.94. The van der Waals surface area contributed by atoms with Gasteiger partial charge in [0, 0.05) is 19.4 Å². The lowest BCUT2D eigenvalue weighted by Crippen LogP contribution is -2.21. The molecule has 0 fully saturated rings. The van der Waals surface area contributed by atoms with Crippen molar-refractivity contribution in [2.24, 2.45) is 0 Å². The molecule has 2 heterocycles. The summed E-state index contributed by atoms with van der Waals surface area (Å²) in [4.78, 5) is 36.9. The van der Waals surface area contributed by atoms with Gasteiger partial charge in [-0.25, -0.2) is 4.39 Å². The number of carbonyl (C=O) groups excluding carboxylic acids is 2. The van der Waals surface area contributed by atoms with Crippen LogP contribution < -0.4 is 15.5 Å². The van der Waals surface area contributed by atoms with E-state index in [9.17, 15) is 18.8 Å². The van der Waals surface area contributed by atoms with Crippen molar-refractivity contribution in [2.75, 3.05) is 6.61 Å². The Kier molecular flexibility index (Phi) is 7.59. The van der Waals surface area contributed by atoms with E-state index in [-0.39, 0.29) is 47.9 Å². The van der Waals surface area contributed by atoms with Crippen LogP contribution in [0.25, 0.3) is 0 Å². The Morgan fingerprint density at radius 3 is 2.50 bits per heavy atom. The van der Waals surface area contributed by atoms with Crippen LogP contribution in [0.3, 0.4) is 0 Å². The Morgan fingerprint density at radius 1 is 1.06 bits per heavy atom. The zero-order chi connectivity index (χ0) is 23.1. The third-order valence-electron chi connectivity index (χ3n) is 4.59. The van der Waals surface area contributed by atoms with Gasteiger partial charge in [0.1, 0.15) is 17.3 Å². The van der Waals surface area contributed by atoms with E-state index < -0.39 is 11.2 Å². The summed E-state index contributed by atoms with van der Waals surface area (Å²) in [6.07, 6.45) is 1.91. The summed E-state index contributed by atoms with van der Waals surface area (Å²) in [5.41, 5.74) is 0.293. The van der Waals surface area contributed by atoms with Gasteiger partial charge in [0.05, 0.1) is 13.2 Å². The van der Waals surface area contributed by atoms with Gasteiger partial charge in [-0.15, -0.1) is 0 Å². The van der Waals surface area contributed by atoms with Crippen LogP contribution in [0, 0.1) is 5.82 Å². The molecule has 0 aliphatic carbocycles. The molecule has 1 N–H and O–H groups in total. The molecule has 32 heavy (non-hydrogen) atoms. The van der Waals surface area contributed by atoms with Crippen molar-refractivity contribution >= 4 is 11.7 Å². The van der Waals surface area contributed by atoms with E-state index in [0.717, 1.165) is 12.0 Å². The minimum Gasteiger partial charge on any atom is -0.486 e. The summed E-state index contributed by atoms with van der Waals surface area (Å²) in [6, 6.07) is 10.3. The number of ether oxygens (including phenoxy) is 1. The van der Waals surface area contributed by atoms with E-state index >= 15 is 0 Å². The average molecular weight is 441 g/mol. The Morgan fingerprint density at radius 2 is 1.81 bits per heavy atom. The number of rotatable bonds is 10. The van der Waals surface area contributed by atoms with E-state index in [1.807, 2.05) is 6.92 Å². The van der Waals surface area contributed by atoms with Crippen molar-refractivity contribution in [1.82, 2.24) is 5.32 Å². The Labute approximate surface area is 184 Å². The molecule has 0 saturated heterocycles. The van der Waals surface area contributed by atoms with Crippen LogP contribution in [0.5, 0.6) is 5.75 Å². The molecule has 0 bridgehead atoms. The van der Waals surface area contributed by atoms with Gasteiger partial charge in [-0.3, -0.25) is 14.4 Å². The van der Waals surface area contributed by atoms with Gasteiger partial charge in [0.25, 0.3) is 5.78 Å². The fourth-order valence-corrected chi connectivity index (χ4v) is 2.94. The minimum atomic E-state index is -0.649. The lowest BCUT2D eigenvalue weighted by molar-refractivity contribution is -0.119. The van der Waals surface area contributed by atoms with Crippen LogP contribution in [0.4, 0.5) is 4.39 Å². The van der Waals surface area contributed by atoms with Crippen LogP contribution in [0.2, 0.25) is 0 Å². The summed E-state index contributed by atoms with van der Waals surface area (Å²) < 4.78 is 29.9. The molecule has 0 spiro atoms. The highest BCUT2D eigenvalue weighted by Gasteiger charge is 2.25. The molecule has 168 valence electrons. The van der Waals surface area contributed by atoms with Crippen LogP contribution in [-0.2, 0) is 17.8 Å². The van der Waals surface area contributed by atoms with Crippen molar-refractivity contribution in [3.8, 4) is 5.75 Å². The third kappa shape index (κ3) is 5.94. The number of nitrogens with one attached hydrogen (secondary N) is 1. The Bertz CT molecular complexity index is 1150. The second-order valence-corrected chi connectivity index (χ2v) is 7.25. The van der Waals surface area contributed by atoms with Gasteiger partial charge >= 0.3 is 0 Å². The smallest absolute Gasteiger partial charge is 0.267 e. The van der Waals surface area contributed by atoms with Crippen LogP contribution in [0.15, 0.2) is 56.1 Å². The molecule has 1 aromatic carbocycles. The Balaban J connectivity index is 1.88. The summed E-state index contributed by atoms with van der Waals surface area (Å²) in [7, 11) is 0. The molecule has 2 aromatic heterocycles. The number of carbonyl (C=O) groups is 2. The summed E-state index contributed by atoms with van der Waals surface area (Å²) in [5.74, 6) is -1.18. The van der Waals surface area contributed by atoms with Gasteiger partial charge in [0.2, 0.25) is 22.8 Å². The molecule has 0 aliphatic rings. The summed E-state index contributed by atoms with van der Waals surface area (Å²) >= 11 is 0. The maximum atomic E-state index is 13.1. The maximum absolute atomic E-state index is 13.1. The predicted molar refractivity (Wildman–Crippen MR) is 114 cm³/mol. The van der Waals surface area contributed by atoms with Gasteiger partial charge in [0.15, 0.2) is 5.76 Å². The van der Waals surface area contributed by atoms with Gasteiger partial charge in [-0.2, -0.15) is 0 Å². The van der Waals surface area contributed by atoms with Crippen molar-refractivity contribution in [3.05, 3.63) is 87.1 Å². The lowest BCUT2D eigenvalue weighted by atomic mass is 10.1. The first-order valence-electron chi connectivity index (χ1n) is 10.3. The largest absolute Gasteiger partial charge is 0.486 e. The standard InChI is InChI=1S/C24H24FNO6/c1-3-4-11-30-23-20(28)13-19(14-26-15(2)27)32-24(23)22(29)21-10-9-18(31-21)12-16-5-7-17(25)8-6-16/h5-10,13H,3-4,11-12,14H2,1-2H3,(H,26,27). The first-order chi connectivity index (χ1) is 15.4. The second-order valence-electron chi connectivity index (χ2n) is 7.25. The zero-order valence-corrected chi connectivity index (χ0v) is 17.9. The van der Waals surface area contributed by atoms with Crippen LogP contribution >= 0.6 is 0 Å². The van der Waals surface area contributed by atoms with E-state index in [2.05, 4.69) is 5.32 Å². The molecule has 1 amide bonds. The molecule has 3 aromatic rings. The molecular formula is C24H24FNO6. The number of halogens is 1. The minimum absolute atomic E-state index is 0.0257. The lowest BCUT2D eigenvalue weighted by Gasteiger charge is -2.10. The van der Waals surface area contributed by atoms with Crippen LogP contribution in [0.1, 0.15) is 60.1 Å². The number of amides is 1. The number of ketones is 1. The van der Waals surface area contributed by atoms with Gasteiger partial charge in [-0.1, -0.05) is 25.5 Å². The molecule has 7 nitrogen and oxygen atoms in total. The summed E-state index contributed by atoms with van der Waals surface area (Å²) in [6.45, 7) is 3.51. The SMILES string of the molecule is CCCCOc1c(C(=O)c2ccc(Cc3ccc(F)cc3)o2)oc(CNC(C)=O)cc1=O. The normalized spacial score (nSPS) is 10.7. The average Bonchev–Trinajstić information content (AvgIpc) is 3.23. The first kappa shape index (κ1) is 23.0. The molecule has 3 rings (SSSR count). The maximum Gasteiger partial charge on any atom is 0.267 e. The molecule has 0 unspecified atom stereocenters. The number of furan rings is 1. The van der Waals surface area contributed by atoms with E-state index in [1.165, 1.54) is 31.2 Å². The molecular weight excluding hydrogens is 417 g/mol. The number of hydrogen-bond donors (Lipinski definition) is 1. The number of unbranched alkanes of at least 4 members (excludes halogenated alkanes) is 1. The van der Waals surface area contributed by atoms with Gasteiger partial charge in [-0.05, 0) is 36.2 Å².